The van der Waals surface area contributed by atoms with Gasteiger partial charge in [-0.1, -0.05) is 6.07 Å². The van der Waals surface area contributed by atoms with E-state index in [0.29, 0.717) is 29.5 Å². The number of hydrogen-bond acceptors (Lipinski definition) is 5. The molecule has 1 saturated heterocycles. The van der Waals surface area contributed by atoms with E-state index < -0.39 is 5.92 Å². The summed E-state index contributed by atoms with van der Waals surface area (Å²) >= 11 is 0. The van der Waals surface area contributed by atoms with Crippen LogP contribution in [0.4, 0.5) is 11.5 Å². The van der Waals surface area contributed by atoms with Crippen molar-refractivity contribution in [3.63, 3.8) is 0 Å². The average Bonchev–Trinajstić information content (AvgIpc) is 3.21. The standard InChI is InChI=1S/C17H15N3O4/c21-16-7-11(17(22)19-15-3-1-2-6-18-15)9-20(16)12-4-5-13-14(8-12)24-10-23-13/h1-6,8,11H,7,9-10H2,(H,18,19,22)/t11-/m1/s1. The Bertz CT molecular complexity index is 794. The highest BCUT2D eigenvalue weighted by Gasteiger charge is 2.35. The van der Waals surface area contributed by atoms with Gasteiger partial charge in [-0.15, -0.1) is 0 Å². The molecule has 0 radical (unpaired) electrons. The van der Waals surface area contributed by atoms with Crippen LogP contribution in [-0.2, 0) is 9.59 Å². The topological polar surface area (TPSA) is 80.8 Å². The van der Waals surface area contributed by atoms with Crippen molar-refractivity contribution in [2.24, 2.45) is 5.92 Å². The number of nitrogens with one attached hydrogen (secondary N) is 1. The number of fused-ring (bicyclic) bond motifs is 1. The first-order valence-corrected chi connectivity index (χ1v) is 7.62. The Balaban J connectivity index is 1.48. The van der Waals surface area contributed by atoms with Crippen molar-refractivity contribution in [2.75, 3.05) is 23.6 Å². The minimum atomic E-state index is -0.412. The molecule has 2 aliphatic heterocycles. The zero-order valence-electron chi connectivity index (χ0n) is 12.8. The molecule has 0 aliphatic carbocycles. The Kier molecular flexibility index (Phi) is 3.53. The minimum Gasteiger partial charge on any atom is -0.454 e. The van der Waals surface area contributed by atoms with E-state index in [1.54, 1.807) is 47.5 Å². The molecule has 1 atom stereocenters. The van der Waals surface area contributed by atoms with Gasteiger partial charge in [0.15, 0.2) is 11.5 Å². The smallest absolute Gasteiger partial charge is 0.231 e. The second-order valence-corrected chi connectivity index (χ2v) is 5.65. The molecule has 0 spiro atoms. The van der Waals surface area contributed by atoms with Crippen LogP contribution in [0.2, 0.25) is 0 Å². The largest absolute Gasteiger partial charge is 0.454 e. The first-order chi connectivity index (χ1) is 11.7. The molecule has 1 fully saturated rings. The maximum absolute atomic E-state index is 12.3. The van der Waals surface area contributed by atoms with Gasteiger partial charge in [0.2, 0.25) is 18.6 Å². The maximum Gasteiger partial charge on any atom is 0.231 e. The van der Waals surface area contributed by atoms with Crippen LogP contribution in [0.25, 0.3) is 0 Å². The number of anilines is 2. The van der Waals surface area contributed by atoms with Crippen LogP contribution in [0.1, 0.15) is 6.42 Å². The van der Waals surface area contributed by atoms with E-state index in [2.05, 4.69) is 10.3 Å². The number of aromatic nitrogens is 1. The van der Waals surface area contributed by atoms with Crippen molar-refractivity contribution < 1.29 is 19.1 Å². The third-order valence-corrected chi connectivity index (χ3v) is 4.08. The molecule has 1 N–H and O–H groups in total. The monoisotopic (exact) mass is 325 g/mol. The van der Waals surface area contributed by atoms with Crippen LogP contribution in [0.15, 0.2) is 42.6 Å². The molecule has 122 valence electrons. The number of benzene rings is 1. The number of hydrogen-bond donors (Lipinski definition) is 1. The Morgan fingerprint density at radius 3 is 2.92 bits per heavy atom. The van der Waals surface area contributed by atoms with Crippen LogP contribution in [-0.4, -0.2) is 30.1 Å². The molecule has 1 aromatic carbocycles. The Hall–Kier alpha value is -3.09. The van der Waals surface area contributed by atoms with Gasteiger partial charge < -0.3 is 19.7 Å². The summed E-state index contributed by atoms with van der Waals surface area (Å²) in [5, 5.41) is 2.74. The lowest BCUT2D eigenvalue weighted by Crippen LogP contribution is -2.28. The highest BCUT2D eigenvalue weighted by atomic mass is 16.7. The first kappa shape index (κ1) is 14.5. The van der Waals surface area contributed by atoms with E-state index >= 15 is 0 Å². The predicted octanol–water partition coefficient (Wildman–Crippen LogP) is 1.80. The minimum absolute atomic E-state index is 0.0879. The van der Waals surface area contributed by atoms with Crippen LogP contribution >= 0.6 is 0 Å². The highest BCUT2D eigenvalue weighted by molar-refractivity contribution is 6.03. The summed E-state index contributed by atoms with van der Waals surface area (Å²) in [4.78, 5) is 30.3. The quantitative estimate of drug-likeness (QED) is 0.931. The molecule has 0 saturated carbocycles. The van der Waals surface area contributed by atoms with Gasteiger partial charge in [-0.05, 0) is 24.3 Å². The van der Waals surface area contributed by atoms with Gasteiger partial charge in [0, 0.05) is 30.9 Å². The maximum atomic E-state index is 12.3. The van der Waals surface area contributed by atoms with Crippen molar-refractivity contribution in [1.29, 1.82) is 0 Å². The van der Waals surface area contributed by atoms with Crippen LogP contribution < -0.4 is 19.7 Å². The predicted molar refractivity (Wildman–Crippen MR) is 85.9 cm³/mol. The summed E-state index contributed by atoms with van der Waals surface area (Å²) in [5.74, 6) is 1.05. The molecule has 2 aromatic rings. The van der Waals surface area contributed by atoms with Gasteiger partial charge in [0.05, 0.1) is 5.92 Å². The van der Waals surface area contributed by atoms with Crippen LogP contribution in [0, 0.1) is 5.92 Å². The molecule has 7 heteroatoms. The molecule has 24 heavy (non-hydrogen) atoms. The fourth-order valence-electron chi connectivity index (χ4n) is 2.85. The number of nitrogens with zero attached hydrogens (tertiary/aromatic N) is 2. The summed E-state index contributed by atoms with van der Waals surface area (Å²) in [6.07, 6.45) is 1.78. The third kappa shape index (κ3) is 2.64. The fraction of sp³-hybridized carbons (Fsp3) is 0.235. The second-order valence-electron chi connectivity index (χ2n) is 5.65. The van der Waals surface area contributed by atoms with Crippen LogP contribution in [0.3, 0.4) is 0 Å². The summed E-state index contributed by atoms with van der Waals surface area (Å²) in [6.45, 7) is 0.513. The molecular weight excluding hydrogens is 310 g/mol. The van der Waals surface area contributed by atoms with Gasteiger partial charge in [-0.2, -0.15) is 0 Å². The SMILES string of the molecule is O=C(Nc1ccccn1)[C@@H]1CC(=O)N(c2ccc3c(c2)OCO3)C1. The van der Waals surface area contributed by atoms with E-state index in [9.17, 15) is 9.59 Å². The lowest BCUT2D eigenvalue weighted by Gasteiger charge is -2.17. The van der Waals surface area contributed by atoms with E-state index in [4.69, 9.17) is 9.47 Å². The molecule has 4 rings (SSSR count). The van der Waals surface area contributed by atoms with E-state index in [0.717, 1.165) is 0 Å². The molecule has 2 amide bonds. The number of rotatable bonds is 3. The first-order valence-electron chi connectivity index (χ1n) is 7.62. The molecule has 0 unspecified atom stereocenters. The van der Waals surface area contributed by atoms with Crippen molar-refractivity contribution in [3.05, 3.63) is 42.6 Å². The number of amides is 2. The fourth-order valence-corrected chi connectivity index (χ4v) is 2.85. The number of carbonyl (C=O) groups is 2. The van der Waals surface area contributed by atoms with Gasteiger partial charge >= 0.3 is 0 Å². The zero-order valence-corrected chi connectivity index (χ0v) is 12.8. The summed E-state index contributed by atoms with van der Waals surface area (Å²) < 4.78 is 10.6. The van der Waals surface area contributed by atoms with Crippen molar-refractivity contribution in [2.45, 2.75) is 6.42 Å². The van der Waals surface area contributed by atoms with E-state index in [-0.39, 0.29) is 25.0 Å². The summed E-state index contributed by atoms with van der Waals surface area (Å²) in [6, 6.07) is 10.6. The lowest BCUT2D eigenvalue weighted by molar-refractivity contribution is -0.122. The van der Waals surface area contributed by atoms with Crippen molar-refractivity contribution in [1.82, 2.24) is 4.98 Å². The zero-order chi connectivity index (χ0) is 16.5. The third-order valence-electron chi connectivity index (χ3n) is 4.08. The number of carbonyl (C=O) groups excluding carboxylic acids is 2. The Labute approximate surface area is 138 Å². The average molecular weight is 325 g/mol. The molecule has 7 nitrogen and oxygen atoms in total. The number of pyridine rings is 1. The Morgan fingerprint density at radius 2 is 2.08 bits per heavy atom. The normalized spacial score (nSPS) is 18.8. The van der Waals surface area contributed by atoms with Gasteiger partial charge in [-0.3, -0.25) is 9.59 Å². The second kappa shape index (κ2) is 5.84. The highest BCUT2D eigenvalue weighted by Crippen LogP contribution is 2.37. The molecule has 1 aromatic heterocycles. The summed E-state index contributed by atoms with van der Waals surface area (Å²) in [7, 11) is 0. The summed E-state index contributed by atoms with van der Waals surface area (Å²) in [5.41, 5.74) is 0.706. The number of ether oxygens (including phenoxy) is 2. The van der Waals surface area contributed by atoms with E-state index in [1.165, 1.54) is 0 Å². The molecule has 2 aliphatic rings. The molecular formula is C17H15N3O4. The van der Waals surface area contributed by atoms with Crippen molar-refractivity contribution >= 4 is 23.3 Å². The Morgan fingerprint density at radius 1 is 1.21 bits per heavy atom. The van der Waals surface area contributed by atoms with Crippen molar-refractivity contribution in [3.8, 4) is 11.5 Å². The lowest BCUT2D eigenvalue weighted by atomic mass is 10.1. The van der Waals surface area contributed by atoms with Gasteiger partial charge in [-0.25, -0.2) is 4.98 Å². The molecule has 3 heterocycles. The van der Waals surface area contributed by atoms with Crippen LogP contribution in [0.5, 0.6) is 11.5 Å². The van der Waals surface area contributed by atoms with Gasteiger partial charge in [0.25, 0.3) is 0 Å². The van der Waals surface area contributed by atoms with Gasteiger partial charge in [0.1, 0.15) is 5.82 Å². The molecule has 0 bridgehead atoms. The van der Waals surface area contributed by atoms with E-state index in [1.807, 2.05) is 0 Å².